The third-order valence-electron chi connectivity index (χ3n) is 5.33. The molecule has 2 fully saturated rings. The van der Waals surface area contributed by atoms with Gasteiger partial charge in [0.1, 0.15) is 0 Å². The van der Waals surface area contributed by atoms with Gasteiger partial charge in [0.2, 0.25) is 0 Å². The lowest BCUT2D eigenvalue weighted by atomic mass is 9.83. The number of hydrogen-bond donors (Lipinski definition) is 1. The maximum atomic E-state index is 4.44. The summed E-state index contributed by atoms with van der Waals surface area (Å²) in [6.45, 7) is 9.09. The van der Waals surface area contributed by atoms with E-state index < -0.39 is 0 Å². The van der Waals surface area contributed by atoms with Gasteiger partial charge in [0, 0.05) is 39.3 Å². The zero-order chi connectivity index (χ0) is 16.8. The van der Waals surface area contributed by atoms with Crippen LogP contribution in [0.25, 0.3) is 0 Å². The minimum absolute atomic E-state index is 0.715. The number of benzene rings is 1. The number of rotatable bonds is 4. The number of nitrogens with zero attached hydrogens (tertiary/aromatic N) is 3. The zero-order valence-electron chi connectivity index (χ0n) is 14.8. The van der Waals surface area contributed by atoms with Gasteiger partial charge < -0.3 is 10.2 Å². The number of guanidine groups is 1. The number of fused-ring (bicyclic) bond motifs is 1. The first-order chi connectivity index (χ1) is 11.8. The van der Waals surface area contributed by atoms with E-state index in [0.29, 0.717) is 6.04 Å². The monoisotopic (exact) mass is 326 g/mol. The van der Waals surface area contributed by atoms with Crippen molar-refractivity contribution in [1.82, 2.24) is 15.1 Å². The fourth-order valence-corrected chi connectivity index (χ4v) is 4.21. The van der Waals surface area contributed by atoms with E-state index in [1.165, 1.54) is 31.4 Å². The van der Waals surface area contributed by atoms with Crippen molar-refractivity contribution in [2.75, 3.05) is 33.2 Å². The molecule has 2 saturated heterocycles. The fraction of sp³-hybridized carbons (Fsp3) is 0.550. The van der Waals surface area contributed by atoms with Gasteiger partial charge in [-0.2, -0.15) is 0 Å². The van der Waals surface area contributed by atoms with Crippen LogP contribution >= 0.6 is 0 Å². The molecular formula is C20H30N4. The molecule has 2 heterocycles. The standard InChI is InChI=1S/C20H30N4/c1-3-12-22-20(21-2)24-14-11-19-18(16-24)10-7-13-23(19)15-17-8-5-4-6-9-17/h3-6,8-9,18-19H,1,7,10-16H2,2H3,(H,21,22). The Hall–Kier alpha value is -1.81. The molecule has 0 aromatic heterocycles. The topological polar surface area (TPSA) is 30.9 Å². The van der Waals surface area contributed by atoms with E-state index in [9.17, 15) is 0 Å². The Morgan fingerprint density at radius 1 is 1.29 bits per heavy atom. The van der Waals surface area contributed by atoms with Crippen LogP contribution in [0.4, 0.5) is 0 Å². The molecule has 0 radical (unpaired) electrons. The van der Waals surface area contributed by atoms with Crippen molar-refractivity contribution in [2.45, 2.75) is 31.8 Å². The second kappa shape index (κ2) is 8.34. The molecule has 0 aliphatic carbocycles. The van der Waals surface area contributed by atoms with Crippen LogP contribution in [0.1, 0.15) is 24.8 Å². The molecule has 3 rings (SSSR count). The Bertz CT molecular complexity index is 554. The lowest BCUT2D eigenvalue weighted by Crippen LogP contribution is -2.56. The summed E-state index contributed by atoms with van der Waals surface area (Å²) < 4.78 is 0. The molecule has 2 atom stereocenters. The number of piperidine rings is 2. The highest BCUT2D eigenvalue weighted by atomic mass is 15.3. The van der Waals surface area contributed by atoms with Gasteiger partial charge in [-0.25, -0.2) is 0 Å². The SMILES string of the molecule is C=CCNC(=NC)N1CCC2C(CCCN2Cc2ccccc2)C1. The molecule has 2 aliphatic rings. The molecule has 2 aliphatic heterocycles. The molecular weight excluding hydrogens is 296 g/mol. The Balaban J connectivity index is 1.62. The molecule has 1 aromatic rings. The van der Waals surface area contributed by atoms with Crippen LogP contribution in [0.2, 0.25) is 0 Å². The van der Waals surface area contributed by atoms with Crippen molar-refractivity contribution in [3.63, 3.8) is 0 Å². The van der Waals surface area contributed by atoms with Crippen molar-refractivity contribution in [3.05, 3.63) is 48.6 Å². The second-order valence-electron chi connectivity index (χ2n) is 6.88. The smallest absolute Gasteiger partial charge is 0.193 e. The Morgan fingerprint density at radius 2 is 2.12 bits per heavy atom. The van der Waals surface area contributed by atoms with E-state index in [4.69, 9.17) is 0 Å². The highest BCUT2D eigenvalue weighted by Crippen LogP contribution is 2.31. The number of aliphatic imine (C=N–C) groups is 1. The van der Waals surface area contributed by atoms with Gasteiger partial charge >= 0.3 is 0 Å². The fourth-order valence-electron chi connectivity index (χ4n) is 4.21. The molecule has 2 unspecified atom stereocenters. The van der Waals surface area contributed by atoms with Crippen molar-refractivity contribution in [1.29, 1.82) is 0 Å². The van der Waals surface area contributed by atoms with Crippen LogP contribution < -0.4 is 5.32 Å². The summed E-state index contributed by atoms with van der Waals surface area (Å²) in [5, 5.41) is 3.38. The molecule has 4 nitrogen and oxygen atoms in total. The molecule has 0 spiro atoms. The first-order valence-corrected chi connectivity index (χ1v) is 9.16. The van der Waals surface area contributed by atoms with Gasteiger partial charge in [-0.15, -0.1) is 6.58 Å². The van der Waals surface area contributed by atoms with Gasteiger partial charge in [0.15, 0.2) is 5.96 Å². The molecule has 4 heteroatoms. The van der Waals surface area contributed by atoms with Crippen molar-refractivity contribution in [3.8, 4) is 0 Å². The van der Waals surface area contributed by atoms with Crippen LogP contribution in [0.5, 0.6) is 0 Å². The van der Waals surface area contributed by atoms with E-state index in [1.807, 2.05) is 13.1 Å². The zero-order valence-corrected chi connectivity index (χ0v) is 14.8. The van der Waals surface area contributed by atoms with Gasteiger partial charge in [-0.05, 0) is 37.3 Å². The predicted molar refractivity (Wildman–Crippen MR) is 101 cm³/mol. The molecule has 24 heavy (non-hydrogen) atoms. The van der Waals surface area contributed by atoms with Gasteiger partial charge in [0.25, 0.3) is 0 Å². The van der Waals surface area contributed by atoms with Gasteiger partial charge in [0.05, 0.1) is 0 Å². The van der Waals surface area contributed by atoms with E-state index in [-0.39, 0.29) is 0 Å². The molecule has 130 valence electrons. The van der Waals surface area contributed by atoms with Crippen molar-refractivity contribution in [2.24, 2.45) is 10.9 Å². The van der Waals surface area contributed by atoms with Crippen LogP contribution in [-0.2, 0) is 6.54 Å². The maximum absolute atomic E-state index is 4.44. The molecule has 1 N–H and O–H groups in total. The van der Waals surface area contributed by atoms with E-state index in [2.05, 4.69) is 57.0 Å². The van der Waals surface area contributed by atoms with Gasteiger partial charge in [-0.3, -0.25) is 9.89 Å². The first-order valence-electron chi connectivity index (χ1n) is 9.16. The lowest BCUT2D eigenvalue weighted by Gasteiger charge is -2.48. The largest absolute Gasteiger partial charge is 0.353 e. The molecule has 1 aromatic carbocycles. The summed E-state index contributed by atoms with van der Waals surface area (Å²) in [5.41, 5.74) is 1.43. The average molecular weight is 326 g/mol. The van der Waals surface area contributed by atoms with Crippen LogP contribution in [-0.4, -0.2) is 55.0 Å². The number of likely N-dealkylation sites (tertiary alicyclic amines) is 2. The Kier molecular flexibility index (Phi) is 5.91. The minimum atomic E-state index is 0.715. The summed E-state index contributed by atoms with van der Waals surface area (Å²) in [6, 6.07) is 11.6. The number of nitrogens with one attached hydrogen (secondary N) is 1. The molecule has 0 saturated carbocycles. The highest BCUT2D eigenvalue weighted by molar-refractivity contribution is 5.80. The third-order valence-corrected chi connectivity index (χ3v) is 5.33. The lowest BCUT2D eigenvalue weighted by molar-refractivity contribution is 0.0373. The predicted octanol–water partition coefficient (Wildman–Crippen LogP) is 2.73. The van der Waals surface area contributed by atoms with Crippen molar-refractivity contribution < 1.29 is 0 Å². The molecule has 0 bridgehead atoms. The number of hydrogen-bond acceptors (Lipinski definition) is 2. The summed E-state index contributed by atoms with van der Waals surface area (Å²) >= 11 is 0. The van der Waals surface area contributed by atoms with E-state index in [0.717, 1.165) is 38.1 Å². The summed E-state index contributed by atoms with van der Waals surface area (Å²) in [7, 11) is 1.88. The second-order valence-corrected chi connectivity index (χ2v) is 6.88. The molecule has 0 amide bonds. The van der Waals surface area contributed by atoms with Crippen LogP contribution in [0, 0.1) is 5.92 Å². The first kappa shape index (κ1) is 17.0. The quantitative estimate of drug-likeness (QED) is 0.524. The van der Waals surface area contributed by atoms with Crippen LogP contribution in [0.15, 0.2) is 48.0 Å². The third kappa shape index (κ3) is 3.99. The summed E-state index contributed by atoms with van der Waals surface area (Å²) in [6.07, 6.45) is 5.76. The van der Waals surface area contributed by atoms with E-state index in [1.54, 1.807) is 0 Å². The van der Waals surface area contributed by atoms with Crippen LogP contribution in [0.3, 0.4) is 0 Å². The summed E-state index contributed by atoms with van der Waals surface area (Å²) in [5.74, 6) is 1.77. The normalized spacial score (nSPS) is 25.2. The average Bonchev–Trinajstić information content (AvgIpc) is 2.63. The highest BCUT2D eigenvalue weighted by Gasteiger charge is 2.36. The summed E-state index contributed by atoms with van der Waals surface area (Å²) in [4.78, 5) is 9.58. The van der Waals surface area contributed by atoms with Gasteiger partial charge in [-0.1, -0.05) is 36.4 Å². The maximum Gasteiger partial charge on any atom is 0.193 e. The Labute approximate surface area is 146 Å². The van der Waals surface area contributed by atoms with E-state index >= 15 is 0 Å². The Morgan fingerprint density at radius 3 is 2.88 bits per heavy atom. The minimum Gasteiger partial charge on any atom is -0.353 e. The van der Waals surface area contributed by atoms with Crippen molar-refractivity contribution >= 4 is 5.96 Å².